The molecule has 0 aromatic carbocycles. The number of hydrogen-bond donors (Lipinski definition) is 1. The van der Waals surface area contributed by atoms with Gasteiger partial charge in [-0.3, -0.25) is 0 Å². The standard InChI is InChI=1S/C11H18BN2O/c1-8(2)11(3,4)15-12-9-5-6-10(13)14-7-9/h5-8H,1-4H3,(H2,13,14). The van der Waals surface area contributed by atoms with Gasteiger partial charge in [-0.25, -0.2) is 4.98 Å². The number of anilines is 1. The molecule has 1 radical (unpaired) electrons. The molecule has 0 unspecified atom stereocenters. The van der Waals surface area contributed by atoms with E-state index in [1.165, 1.54) is 0 Å². The molecule has 2 N–H and O–H groups in total. The quantitative estimate of drug-likeness (QED) is 0.755. The first-order valence-corrected chi connectivity index (χ1v) is 5.14. The Balaban J connectivity index is 2.54. The zero-order valence-electron chi connectivity index (χ0n) is 9.82. The molecule has 1 aromatic heterocycles. The molecule has 81 valence electrons. The Bertz CT molecular complexity index is 309. The van der Waals surface area contributed by atoms with Crippen LogP contribution < -0.4 is 11.2 Å². The van der Waals surface area contributed by atoms with Crippen molar-refractivity contribution < 1.29 is 4.65 Å². The summed E-state index contributed by atoms with van der Waals surface area (Å²) in [4.78, 5) is 3.99. The third kappa shape index (κ3) is 3.55. The smallest absolute Gasteiger partial charge is 0.332 e. The van der Waals surface area contributed by atoms with Crippen molar-refractivity contribution in [3.8, 4) is 0 Å². The van der Waals surface area contributed by atoms with Crippen LogP contribution in [-0.4, -0.2) is 18.1 Å². The molecule has 0 atom stereocenters. The molecule has 0 aliphatic heterocycles. The van der Waals surface area contributed by atoms with Gasteiger partial charge in [0.05, 0.1) is 0 Å². The molecule has 0 saturated carbocycles. The molecule has 15 heavy (non-hydrogen) atoms. The first kappa shape index (κ1) is 12.0. The van der Waals surface area contributed by atoms with E-state index in [0.29, 0.717) is 11.7 Å². The summed E-state index contributed by atoms with van der Waals surface area (Å²) < 4.78 is 5.71. The van der Waals surface area contributed by atoms with E-state index in [1.807, 2.05) is 6.07 Å². The SMILES string of the molecule is CC(C)C(C)(C)O[B]c1ccc(N)nc1. The average molecular weight is 205 g/mol. The van der Waals surface area contributed by atoms with Gasteiger partial charge < -0.3 is 10.4 Å². The fourth-order valence-corrected chi connectivity index (χ4v) is 0.842. The van der Waals surface area contributed by atoms with Gasteiger partial charge in [0.1, 0.15) is 5.82 Å². The molecule has 0 spiro atoms. The number of pyridine rings is 1. The largest absolute Gasteiger partial charge is 0.429 e. The second kappa shape index (κ2) is 4.66. The van der Waals surface area contributed by atoms with Crippen molar-refractivity contribution >= 4 is 18.8 Å². The Morgan fingerprint density at radius 2 is 2.07 bits per heavy atom. The number of rotatable bonds is 4. The lowest BCUT2D eigenvalue weighted by Gasteiger charge is -2.29. The van der Waals surface area contributed by atoms with Crippen molar-refractivity contribution in [2.75, 3.05) is 5.73 Å². The predicted molar refractivity (Wildman–Crippen MR) is 64.0 cm³/mol. The second-order valence-corrected chi connectivity index (χ2v) is 4.51. The maximum absolute atomic E-state index is 5.71. The molecule has 4 heteroatoms. The van der Waals surface area contributed by atoms with E-state index in [-0.39, 0.29) is 5.60 Å². The fraction of sp³-hybridized carbons (Fsp3) is 0.545. The Labute approximate surface area is 92.3 Å². The van der Waals surface area contributed by atoms with Crippen LogP contribution in [0.25, 0.3) is 0 Å². The van der Waals surface area contributed by atoms with Crippen molar-refractivity contribution in [1.82, 2.24) is 4.98 Å². The van der Waals surface area contributed by atoms with Gasteiger partial charge in [0, 0.05) is 11.8 Å². The molecule has 0 saturated heterocycles. The summed E-state index contributed by atoms with van der Waals surface area (Å²) in [6.45, 7) is 8.40. The highest BCUT2D eigenvalue weighted by atomic mass is 16.5. The van der Waals surface area contributed by atoms with E-state index >= 15 is 0 Å². The normalized spacial score (nSPS) is 11.8. The fourth-order valence-electron chi connectivity index (χ4n) is 0.842. The molecule has 0 aliphatic rings. The lowest BCUT2D eigenvalue weighted by Crippen LogP contribution is -2.36. The van der Waals surface area contributed by atoms with Crippen LogP contribution in [0.4, 0.5) is 5.82 Å². The van der Waals surface area contributed by atoms with Crippen molar-refractivity contribution in [3.05, 3.63) is 18.3 Å². The van der Waals surface area contributed by atoms with E-state index in [0.717, 1.165) is 5.46 Å². The van der Waals surface area contributed by atoms with Gasteiger partial charge in [-0.2, -0.15) is 0 Å². The summed E-state index contributed by atoms with van der Waals surface area (Å²) in [5.41, 5.74) is 6.25. The molecule has 1 aromatic rings. The van der Waals surface area contributed by atoms with Crippen molar-refractivity contribution in [1.29, 1.82) is 0 Å². The summed E-state index contributed by atoms with van der Waals surface area (Å²) in [5.74, 6) is 0.978. The van der Waals surface area contributed by atoms with Gasteiger partial charge in [-0.1, -0.05) is 19.9 Å². The summed E-state index contributed by atoms with van der Waals surface area (Å²) in [6.07, 6.45) is 1.70. The minimum atomic E-state index is -0.165. The predicted octanol–water partition coefficient (Wildman–Crippen LogP) is 1.36. The van der Waals surface area contributed by atoms with Crippen LogP contribution in [0.15, 0.2) is 18.3 Å². The van der Waals surface area contributed by atoms with E-state index in [1.54, 1.807) is 19.7 Å². The number of nitrogen functional groups attached to an aromatic ring is 1. The minimum absolute atomic E-state index is 0.165. The number of nitrogens with two attached hydrogens (primary N) is 1. The van der Waals surface area contributed by atoms with Gasteiger partial charge >= 0.3 is 7.48 Å². The lowest BCUT2D eigenvalue weighted by molar-refractivity contribution is 0.0668. The van der Waals surface area contributed by atoms with E-state index in [9.17, 15) is 0 Å². The minimum Gasteiger partial charge on any atom is -0.429 e. The molecule has 1 heterocycles. The summed E-state index contributed by atoms with van der Waals surface area (Å²) in [7, 11) is 1.73. The Kier molecular flexibility index (Phi) is 3.74. The average Bonchev–Trinajstić information content (AvgIpc) is 2.17. The Hall–Kier alpha value is -1.03. The lowest BCUT2D eigenvalue weighted by atomic mass is 9.85. The summed E-state index contributed by atoms with van der Waals surface area (Å²) >= 11 is 0. The highest BCUT2D eigenvalue weighted by Crippen LogP contribution is 2.19. The van der Waals surface area contributed by atoms with Crippen LogP contribution in [0, 0.1) is 5.92 Å². The van der Waals surface area contributed by atoms with Crippen LogP contribution >= 0.6 is 0 Å². The van der Waals surface area contributed by atoms with E-state index in [4.69, 9.17) is 10.4 Å². The highest BCUT2D eigenvalue weighted by molar-refractivity contribution is 6.46. The van der Waals surface area contributed by atoms with Gasteiger partial charge in [0.2, 0.25) is 0 Å². The molecular weight excluding hydrogens is 187 g/mol. The number of hydrogen-bond acceptors (Lipinski definition) is 3. The van der Waals surface area contributed by atoms with Crippen molar-refractivity contribution in [2.24, 2.45) is 5.92 Å². The number of aromatic nitrogens is 1. The maximum atomic E-state index is 5.71. The summed E-state index contributed by atoms with van der Waals surface area (Å²) in [6, 6.07) is 3.65. The molecule has 1 rings (SSSR count). The van der Waals surface area contributed by atoms with Gasteiger partial charge in [0.25, 0.3) is 0 Å². The molecule has 0 aliphatic carbocycles. The topological polar surface area (TPSA) is 48.1 Å². The van der Waals surface area contributed by atoms with E-state index in [2.05, 4.69) is 32.7 Å². The number of nitrogens with zero attached hydrogens (tertiary/aromatic N) is 1. The van der Waals surface area contributed by atoms with Crippen molar-refractivity contribution in [2.45, 2.75) is 33.3 Å². The Morgan fingerprint density at radius 1 is 1.40 bits per heavy atom. The van der Waals surface area contributed by atoms with Crippen LogP contribution in [0.5, 0.6) is 0 Å². The van der Waals surface area contributed by atoms with Crippen molar-refractivity contribution in [3.63, 3.8) is 0 Å². The zero-order valence-corrected chi connectivity index (χ0v) is 9.82. The monoisotopic (exact) mass is 205 g/mol. The second-order valence-electron chi connectivity index (χ2n) is 4.51. The molecule has 0 fully saturated rings. The Morgan fingerprint density at radius 3 is 2.53 bits per heavy atom. The molecule has 0 amide bonds. The van der Waals surface area contributed by atoms with Crippen LogP contribution in [0.1, 0.15) is 27.7 Å². The molecular formula is C11H18BN2O. The molecule has 3 nitrogen and oxygen atoms in total. The van der Waals surface area contributed by atoms with Crippen LogP contribution in [-0.2, 0) is 4.65 Å². The highest BCUT2D eigenvalue weighted by Gasteiger charge is 2.22. The zero-order chi connectivity index (χ0) is 11.5. The van der Waals surface area contributed by atoms with Crippen LogP contribution in [0.3, 0.4) is 0 Å². The van der Waals surface area contributed by atoms with E-state index < -0.39 is 0 Å². The van der Waals surface area contributed by atoms with Gasteiger partial charge in [-0.05, 0) is 31.3 Å². The van der Waals surface area contributed by atoms with Gasteiger partial charge in [0.15, 0.2) is 0 Å². The summed E-state index contributed by atoms with van der Waals surface area (Å²) in [5, 5.41) is 0. The first-order chi connectivity index (χ1) is 6.92. The molecule has 0 bridgehead atoms. The third-order valence-corrected chi connectivity index (χ3v) is 2.70. The first-order valence-electron chi connectivity index (χ1n) is 5.14. The maximum Gasteiger partial charge on any atom is 0.332 e. The van der Waals surface area contributed by atoms with Crippen LogP contribution in [0.2, 0.25) is 0 Å². The van der Waals surface area contributed by atoms with Gasteiger partial charge in [-0.15, -0.1) is 0 Å². The third-order valence-electron chi connectivity index (χ3n) is 2.70.